The van der Waals surface area contributed by atoms with Crippen LogP contribution in [0.25, 0.3) is 10.9 Å². The van der Waals surface area contributed by atoms with Crippen LogP contribution in [0.15, 0.2) is 35.1 Å². The average Bonchev–Trinajstić information content (AvgIpc) is 2.45. The Morgan fingerprint density at radius 2 is 2.10 bits per heavy atom. The monoisotopic (exact) mass is 273 g/mol. The lowest BCUT2D eigenvalue weighted by atomic mass is 10.1. The Balaban J connectivity index is 1.98. The molecular weight excluding hydrogens is 254 g/mol. The maximum Gasteiger partial charge on any atom is 0.252 e. The average molecular weight is 273 g/mol. The van der Waals surface area contributed by atoms with Crippen molar-refractivity contribution in [2.45, 2.75) is 19.9 Å². The van der Waals surface area contributed by atoms with E-state index in [1.165, 1.54) is 0 Å². The summed E-state index contributed by atoms with van der Waals surface area (Å²) in [6.07, 6.45) is 0.913. The van der Waals surface area contributed by atoms with E-state index < -0.39 is 0 Å². The summed E-state index contributed by atoms with van der Waals surface area (Å²) >= 11 is 0. The predicted octanol–water partition coefficient (Wildman–Crippen LogP) is 1.14. The molecule has 1 aromatic heterocycles. The fourth-order valence-electron chi connectivity index (χ4n) is 1.96. The molecule has 0 saturated carbocycles. The summed E-state index contributed by atoms with van der Waals surface area (Å²) in [5.74, 6) is -0.0518. The van der Waals surface area contributed by atoms with Crippen molar-refractivity contribution in [1.82, 2.24) is 15.6 Å². The first-order chi connectivity index (χ1) is 9.70. The summed E-state index contributed by atoms with van der Waals surface area (Å²) in [5, 5.41) is 6.74. The second-order valence-corrected chi connectivity index (χ2v) is 4.66. The van der Waals surface area contributed by atoms with Crippen molar-refractivity contribution >= 4 is 16.8 Å². The molecular formula is C15H19N3O2. The smallest absolute Gasteiger partial charge is 0.252 e. The van der Waals surface area contributed by atoms with Crippen LogP contribution in [0.4, 0.5) is 0 Å². The van der Waals surface area contributed by atoms with Crippen LogP contribution >= 0.6 is 0 Å². The van der Waals surface area contributed by atoms with Gasteiger partial charge in [0, 0.05) is 24.2 Å². The number of amides is 1. The standard InChI is InChI=1S/C15H19N3O2/c1-2-7-17-14(19)10-16-9-12-8-11-5-3-4-6-13(11)18-15(12)20/h3-6,8,16H,2,7,9-10H2,1H3,(H,17,19)(H,18,20). The number of hydrogen-bond acceptors (Lipinski definition) is 3. The second kappa shape index (κ2) is 6.86. The zero-order valence-corrected chi connectivity index (χ0v) is 11.5. The molecule has 2 rings (SSSR count). The SMILES string of the molecule is CCCNC(=O)CNCc1cc2ccccc2[nH]c1=O. The minimum atomic E-state index is -0.120. The lowest BCUT2D eigenvalue weighted by Crippen LogP contribution is -2.34. The minimum absolute atomic E-state index is 0.0518. The highest BCUT2D eigenvalue weighted by molar-refractivity contribution is 5.79. The first kappa shape index (κ1) is 14.3. The molecule has 5 nitrogen and oxygen atoms in total. The van der Waals surface area contributed by atoms with E-state index in [4.69, 9.17) is 0 Å². The Labute approximate surface area is 117 Å². The Morgan fingerprint density at radius 3 is 2.90 bits per heavy atom. The number of H-pyrrole nitrogens is 1. The lowest BCUT2D eigenvalue weighted by Gasteiger charge is -2.06. The zero-order chi connectivity index (χ0) is 14.4. The molecule has 1 heterocycles. The largest absolute Gasteiger partial charge is 0.355 e. The van der Waals surface area contributed by atoms with Crippen molar-refractivity contribution in [3.63, 3.8) is 0 Å². The molecule has 0 fully saturated rings. The van der Waals surface area contributed by atoms with Gasteiger partial charge in [-0.1, -0.05) is 25.1 Å². The van der Waals surface area contributed by atoms with Crippen LogP contribution in [0.1, 0.15) is 18.9 Å². The number of aromatic amines is 1. The van der Waals surface area contributed by atoms with E-state index >= 15 is 0 Å². The van der Waals surface area contributed by atoms with Gasteiger partial charge in [0.15, 0.2) is 0 Å². The maximum atomic E-state index is 11.9. The molecule has 2 aromatic rings. The van der Waals surface area contributed by atoms with Gasteiger partial charge in [-0.05, 0) is 23.9 Å². The summed E-state index contributed by atoms with van der Waals surface area (Å²) in [5.41, 5.74) is 1.33. The number of fused-ring (bicyclic) bond motifs is 1. The van der Waals surface area contributed by atoms with Crippen LogP contribution in [0.2, 0.25) is 0 Å². The number of carbonyl (C=O) groups excluding carboxylic acids is 1. The molecule has 106 valence electrons. The normalized spacial score (nSPS) is 10.7. The molecule has 5 heteroatoms. The van der Waals surface area contributed by atoms with E-state index in [9.17, 15) is 9.59 Å². The summed E-state index contributed by atoms with van der Waals surface area (Å²) in [4.78, 5) is 26.1. The minimum Gasteiger partial charge on any atom is -0.355 e. The number of pyridine rings is 1. The Kier molecular flexibility index (Phi) is 4.90. The van der Waals surface area contributed by atoms with Crippen molar-refractivity contribution in [1.29, 1.82) is 0 Å². The van der Waals surface area contributed by atoms with Crippen molar-refractivity contribution in [2.24, 2.45) is 0 Å². The number of aromatic nitrogens is 1. The Hall–Kier alpha value is -2.14. The van der Waals surface area contributed by atoms with Gasteiger partial charge in [0.1, 0.15) is 0 Å². The van der Waals surface area contributed by atoms with Gasteiger partial charge in [0.05, 0.1) is 6.54 Å². The van der Waals surface area contributed by atoms with E-state index in [0.29, 0.717) is 18.7 Å². The molecule has 1 amide bonds. The van der Waals surface area contributed by atoms with Crippen LogP contribution in [0, 0.1) is 0 Å². The second-order valence-electron chi connectivity index (χ2n) is 4.66. The molecule has 0 aliphatic rings. The van der Waals surface area contributed by atoms with Crippen molar-refractivity contribution in [3.8, 4) is 0 Å². The molecule has 0 unspecified atom stereocenters. The Morgan fingerprint density at radius 1 is 1.30 bits per heavy atom. The van der Waals surface area contributed by atoms with Crippen LogP contribution in [0.5, 0.6) is 0 Å². The molecule has 0 spiro atoms. The van der Waals surface area contributed by atoms with Gasteiger partial charge < -0.3 is 15.6 Å². The molecule has 3 N–H and O–H groups in total. The third-order valence-corrected chi connectivity index (χ3v) is 3.00. The van der Waals surface area contributed by atoms with Crippen LogP contribution in [0.3, 0.4) is 0 Å². The molecule has 1 aromatic carbocycles. The van der Waals surface area contributed by atoms with E-state index in [0.717, 1.165) is 17.3 Å². The first-order valence-electron chi connectivity index (χ1n) is 6.79. The van der Waals surface area contributed by atoms with Gasteiger partial charge >= 0.3 is 0 Å². The van der Waals surface area contributed by atoms with Gasteiger partial charge in [-0.3, -0.25) is 9.59 Å². The van der Waals surface area contributed by atoms with Crippen LogP contribution in [-0.4, -0.2) is 24.0 Å². The summed E-state index contributed by atoms with van der Waals surface area (Å²) in [6, 6.07) is 9.48. The Bertz CT molecular complexity index is 649. The third-order valence-electron chi connectivity index (χ3n) is 3.00. The number of hydrogen-bond donors (Lipinski definition) is 3. The van der Waals surface area contributed by atoms with Crippen molar-refractivity contribution < 1.29 is 4.79 Å². The number of rotatable bonds is 6. The molecule has 0 saturated heterocycles. The molecule has 0 aliphatic heterocycles. The van der Waals surface area contributed by atoms with E-state index in [1.54, 1.807) is 0 Å². The number of carbonyl (C=O) groups is 1. The van der Waals surface area contributed by atoms with Crippen LogP contribution in [-0.2, 0) is 11.3 Å². The quantitative estimate of drug-likeness (QED) is 0.739. The summed E-state index contributed by atoms with van der Waals surface area (Å²) < 4.78 is 0. The van der Waals surface area contributed by atoms with E-state index in [2.05, 4.69) is 15.6 Å². The van der Waals surface area contributed by atoms with Gasteiger partial charge in [0.2, 0.25) is 5.91 Å². The van der Waals surface area contributed by atoms with Gasteiger partial charge in [-0.25, -0.2) is 0 Å². The maximum absolute atomic E-state index is 11.9. The molecule has 0 aliphatic carbocycles. The van der Waals surface area contributed by atoms with E-state index in [1.807, 2.05) is 37.3 Å². The summed E-state index contributed by atoms with van der Waals surface area (Å²) in [6.45, 7) is 3.27. The highest BCUT2D eigenvalue weighted by Gasteiger charge is 2.04. The number of nitrogens with one attached hydrogen (secondary N) is 3. The van der Waals surface area contributed by atoms with Crippen molar-refractivity contribution in [2.75, 3.05) is 13.1 Å². The lowest BCUT2D eigenvalue weighted by molar-refractivity contribution is -0.120. The molecule has 20 heavy (non-hydrogen) atoms. The predicted molar refractivity (Wildman–Crippen MR) is 79.6 cm³/mol. The highest BCUT2D eigenvalue weighted by atomic mass is 16.2. The highest BCUT2D eigenvalue weighted by Crippen LogP contribution is 2.09. The topological polar surface area (TPSA) is 74.0 Å². The van der Waals surface area contributed by atoms with Gasteiger partial charge in [0.25, 0.3) is 5.56 Å². The fourth-order valence-corrected chi connectivity index (χ4v) is 1.96. The van der Waals surface area contributed by atoms with Crippen molar-refractivity contribution in [3.05, 3.63) is 46.2 Å². The molecule has 0 radical (unpaired) electrons. The van der Waals surface area contributed by atoms with E-state index in [-0.39, 0.29) is 18.0 Å². The van der Waals surface area contributed by atoms with Crippen LogP contribution < -0.4 is 16.2 Å². The van der Waals surface area contributed by atoms with Gasteiger partial charge in [-0.15, -0.1) is 0 Å². The van der Waals surface area contributed by atoms with Gasteiger partial charge in [-0.2, -0.15) is 0 Å². The fraction of sp³-hybridized carbons (Fsp3) is 0.333. The summed E-state index contributed by atoms with van der Waals surface area (Å²) in [7, 11) is 0. The molecule has 0 atom stereocenters. The number of para-hydroxylation sites is 1. The first-order valence-corrected chi connectivity index (χ1v) is 6.79. The zero-order valence-electron chi connectivity index (χ0n) is 11.5. The third kappa shape index (κ3) is 3.68. The number of benzene rings is 1. The molecule has 0 bridgehead atoms.